The summed E-state index contributed by atoms with van der Waals surface area (Å²) in [4.78, 5) is 16.2. The lowest BCUT2D eigenvalue weighted by Crippen LogP contribution is -2.59. The van der Waals surface area contributed by atoms with Crippen LogP contribution in [0, 0.1) is 5.92 Å². The number of aromatic nitrogens is 1. The van der Waals surface area contributed by atoms with Crippen LogP contribution in [0.25, 0.3) is 0 Å². The maximum atomic E-state index is 12.2. The summed E-state index contributed by atoms with van der Waals surface area (Å²) >= 11 is 0. The van der Waals surface area contributed by atoms with Crippen molar-refractivity contribution in [2.45, 2.75) is 44.6 Å². The summed E-state index contributed by atoms with van der Waals surface area (Å²) < 4.78 is 0. The molecule has 0 radical (unpaired) electrons. The van der Waals surface area contributed by atoms with Crippen LogP contribution in [0.1, 0.15) is 38.2 Å². The van der Waals surface area contributed by atoms with Crippen LogP contribution in [0.4, 0.5) is 0 Å². The molecule has 1 fully saturated rings. The zero-order valence-electron chi connectivity index (χ0n) is 11.6. The average Bonchev–Trinajstić information content (AvgIpc) is 2.42. The first-order valence-corrected chi connectivity index (χ1v) is 7.06. The number of hydrogen-bond donors (Lipinski definition) is 2. The second-order valence-corrected chi connectivity index (χ2v) is 5.59. The van der Waals surface area contributed by atoms with Crippen molar-refractivity contribution in [3.05, 3.63) is 30.1 Å². The number of amides is 1. The third-order valence-corrected chi connectivity index (χ3v) is 4.32. The summed E-state index contributed by atoms with van der Waals surface area (Å²) in [7, 11) is 0. The van der Waals surface area contributed by atoms with E-state index in [9.17, 15) is 4.79 Å². The third-order valence-electron chi connectivity index (χ3n) is 4.32. The van der Waals surface area contributed by atoms with Crippen molar-refractivity contribution in [3.63, 3.8) is 0 Å². The molecule has 1 heterocycles. The summed E-state index contributed by atoms with van der Waals surface area (Å²) in [6.45, 7) is 2.72. The van der Waals surface area contributed by atoms with Gasteiger partial charge in [0.25, 0.3) is 0 Å². The fourth-order valence-electron chi connectivity index (χ4n) is 2.96. The van der Waals surface area contributed by atoms with Crippen LogP contribution in [-0.2, 0) is 11.2 Å². The maximum Gasteiger partial charge on any atom is 0.224 e. The highest BCUT2D eigenvalue weighted by Crippen LogP contribution is 2.32. The van der Waals surface area contributed by atoms with Gasteiger partial charge in [0, 0.05) is 18.9 Å². The number of rotatable bonds is 4. The number of nitrogens with two attached hydrogens (primary N) is 1. The van der Waals surface area contributed by atoms with E-state index in [4.69, 9.17) is 5.73 Å². The normalized spacial score (nSPS) is 26.9. The number of carbonyl (C=O) groups is 1. The van der Waals surface area contributed by atoms with E-state index >= 15 is 0 Å². The molecule has 0 spiro atoms. The third kappa shape index (κ3) is 3.32. The number of hydrogen-bond acceptors (Lipinski definition) is 3. The first kappa shape index (κ1) is 14.0. The van der Waals surface area contributed by atoms with Gasteiger partial charge < -0.3 is 11.1 Å². The van der Waals surface area contributed by atoms with E-state index in [0.29, 0.717) is 18.9 Å². The molecule has 1 aromatic rings. The molecule has 2 atom stereocenters. The SMILES string of the molecule is CC1CCCCC1(CN)NC(=O)Cc1ccncc1. The van der Waals surface area contributed by atoms with Crippen molar-refractivity contribution < 1.29 is 4.79 Å². The standard InChI is InChI=1S/C15H23N3O/c1-12-4-2-3-7-15(12,11-16)18-14(19)10-13-5-8-17-9-6-13/h5-6,8-9,12H,2-4,7,10-11,16H2,1H3,(H,18,19). The Morgan fingerprint density at radius 3 is 2.84 bits per heavy atom. The lowest BCUT2D eigenvalue weighted by molar-refractivity contribution is -0.123. The molecular formula is C15H23N3O. The second-order valence-electron chi connectivity index (χ2n) is 5.59. The Balaban J connectivity index is 2.00. The number of pyridine rings is 1. The van der Waals surface area contributed by atoms with Crippen molar-refractivity contribution in [2.24, 2.45) is 11.7 Å². The molecule has 2 unspecified atom stereocenters. The highest BCUT2D eigenvalue weighted by atomic mass is 16.1. The highest BCUT2D eigenvalue weighted by molar-refractivity contribution is 5.79. The van der Waals surface area contributed by atoms with Crippen molar-refractivity contribution in [1.29, 1.82) is 0 Å². The molecule has 1 aromatic heterocycles. The minimum atomic E-state index is -0.206. The predicted octanol–water partition coefficient (Wildman–Crippen LogP) is 1.65. The van der Waals surface area contributed by atoms with E-state index in [1.54, 1.807) is 12.4 Å². The summed E-state index contributed by atoms with van der Waals surface area (Å²) in [5, 5.41) is 3.20. The van der Waals surface area contributed by atoms with E-state index in [2.05, 4.69) is 17.2 Å². The fraction of sp³-hybridized carbons (Fsp3) is 0.600. The van der Waals surface area contributed by atoms with E-state index in [0.717, 1.165) is 24.8 Å². The summed E-state index contributed by atoms with van der Waals surface area (Å²) in [6, 6.07) is 3.75. The first-order valence-electron chi connectivity index (χ1n) is 7.06. The van der Waals surface area contributed by atoms with Gasteiger partial charge in [-0.05, 0) is 36.5 Å². The van der Waals surface area contributed by atoms with Crippen LogP contribution in [0.2, 0.25) is 0 Å². The number of nitrogens with zero attached hydrogens (tertiary/aromatic N) is 1. The van der Waals surface area contributed by atoms with Crippen LogP contribution >= 0.6 is 0 Å². The summed E-state index contributed by atoms with van der Waals surface area (Å²) in [5.74, 6) is 0.512. The quantitative estimate of drug-likeness (QED) is 0.866. The topological polar surface area (TPSA) is 68.0 Å². The van der Waals surface area contributed by atoms with Crippen LogP contribution < -0.4 is 11.1 Å². The van der Waals surface area contributed by atoms with Gasteiger partial charge in [-0.1, -0.05) is 19.8 Å². The number of nitrogens with one attached hydrogen (secondary N) is 1. The molecule has 1 saturated carbocycles. The molecule has 1 aliphatic rings. The molecule has 2 rings (SSSR count). The zero-order valence-corrected chi connectivity index (χ0v) is 11.6. The molecule has 4 nitrogen and oxygen atoms in total. The lowest BCUT2D eigenvalue weighted by atomic mass is 9.73. The number of carbonyl (C=O) groups excluding carboxylic acids is 1. The van der Waals surface area contributed by atoms with Gasteiger partial charge in [0.05, 0.1) is 12.0 Å². The van der Waals surface area contributed by atoms with Gasteiger partial charge in [0.15, 0.2) is 0 Å². The van der Waals surface area contributed by atoms with Crippen molar-refractivity contribution in [2.75, 3.05) is 6.54 Å². The molecule has 4 heteroatoms. The zero-order chi connectivity index (χ0) is 13.7. The van der Waals surface area contributed by atoms with E-state index in [-0.39, 0.29) is 11.4 Å². The lowest BCUT2D eigenvalue weighted by Gasteiger charge is -2.42. The molecule has 0 bridgehead atoms. The Bertz CT molecular complexity index is 421. The molecular weight excluding hydrogens is 238 g/mol. The molecule has 1 amide bonds. The van der Waals surface area contributed by atoms with Crippen molar-refractivity contribution in [1.82, 2.24) is 10.3 Å². The maximum absolute atomic E-state index is 12.2. The molecule has 19 heavy (non-hydrogen) atoms. The molecule has 104 valence electrons. The average molecular weight is 261 g/mol. The smallest absolute Gasteiger partial charge is 0.224 e. The second kappa shape index (κ2) is 6.15. The van der Waals surface area contributed by atoms with Gasteiger partial charge in [0.1, 0.15) is 0 Å². The van der Waals surface area contributed by atoms with E-state index < -0.39 is 0 Å². The Kier molecular flexibility index (Phi) is 4.53. The van der Waals surface area contributed by atoms with Crippen LogP contribution in [0.3, 0.4) is 0 Å². The van der Waals surface area contributed by atoms with Crippen molar-refractivity contribution in [3.8, 4) is 0 Å². The Labute approximate surface area is 114 Å². The van der Waals surface area contributed by atoms with Gasteiger partial charge in [-0.2, -0.15) is 0 Å². The van der Waals surface area contributed by atoms with Crippen molar-refractivity contribution >= 4 is 5.91 Å². The Morgan fingerprint density at radius 2 is 2.21 bits per heavy atom. The molecule has 0 saturated heterocycles. The van der Waals surface area contributed by atoms with Gasteiger partial charge in [-0.3, -0.25) is 9.78 Å². The molecule has 0 aromatic carbocycles. The van der Waals surface area contributed by atoms with Gasteiger partial charge in [0.2, 0.25) is 5.91 Å². The fourth-order valence-corrected chi connectivity index (χ4v) is 2.96. The predicted molar refractivity (Wildman–Crippen MR) is 75.5 cm³/mol. The van der Waals surface area contributed by atoms with Crippen LogP contribution in [0.15, 0.2) is 24.5 Å². The van der Waals surface area contributed by atoms with E-state index in [1.165, 1.54) is 6.42 Å². The van der Waals surface area contributed by atoms with Gasteiger partial charge >= 0.3 is 0 Å². The van der Waals surface area contributed by atoms with E-state index in [1.807, 2.05) is 12.1 Å². The molecule has 3 N–H and O–H groups in total. The van der Waals surface area contributed by atoms with Crippen LogP contribution in [0.5, 0.6) is 0 Å². The monoisotopic (exact) mass is 261 g/mol. The first-order chi connectivity index (χ1) is 9.16. The summed E-state index contributed by atoms with van der Waals surface area (Å²) in [6.07, 6.45) is 8.35. The largest absolute Gasteiger partial charge is 0.349 e. The van der Waals surface area contributed by atoms with Gasteiger partial charge in [-0.25, -0.2) is 0 Å². The van der Waals surface area contributed by atoms with Crippen LogP contribution in [-0.4, -0.2) is 23.0 Å². The Morgan fingerprint density at radius 1 is 1.47 bits per heavy atom. The van der Waals surface area contributed by atoms with Gasteiger partial charge in [-0.15, -0.1) is 0 Å². The molecule has 1 aliphatic carbocycles. The minimum Gasteiger partial charge on any atom is -0.349 e. The Hall–Kier alpha value is -1.42. The summed E-state index contributed by atoms with van der Waals surface area (Å²) in [5.41, 5.74) is 6.73. The molecule has 0 aliphatic heterocycles. The highest BCUT2D eigenvalue weighted by Gasteiger charge is 2.38. The minimum absolute atomic E-state index is 0.0606.